The fraction of sp³-hybridized carbons (Fsp3) is 0.448. The van der Waals surface area contributed by atoms with Gasteiger partial charge in [-0.15, -0.1) is 0 Å². The molecule has 0 amide bonds. The van der Waals surface area contributed by atoms with Crippen molar-refractivity contribution in [2.75, 3.05) is 58.4 Å². The summed E-state index contributed by atoms with van der Waals surface area (Å²) < 4.78 is 7.88. The van der Waals surface area contributed by atoms with Crippen LogP contribution in [0.4, 0.5) is 5.69 Å². The molecule has 2 aromatic heterocycles. The van der Waals surface area contributed by atoms with Crippen molar-refractivity contribution in [3.05, 3.63) is 77.4 Å². The molecule has 2 atom stereocenters. The molecular weight excluding hydrogens is 480 g/mol. The van der Waals surface area contributed by atoms with Gasteiger partial charge in [0.05, 0.1) is 31.0 Å². The fourth-order valence-electron chi connectivity index (χ4n) is 5.66. The second-order valence-corrected chi connectivity index (χ2v) is 10.6. The molecule has 0 aliphatic carbocycles. The van der Waals surface area contributed by atoms with Crippen LogP contribution in [-0.4, -0.2) is 78.0 Å². The zero-order valence-corrected chi connectivity index (χ0v) is 23.2. The zero-order chi connectivity index (χ0) is 25.9. The number of hydrogen-bond acceptors (Lipinski definition) is 5. The summed E-state index contributed by atoms with van der Waals surface area (Å²) in [5.41, 5.74) is 7.14. The van der Waals surface area contributed by atoms with Crippen molar-refractivity contribution >= 4 is 23.0 Å². The molecular formula is C29H38N6OS. The third-order valence-electron chi connectivity index (χ3n) is 7.59. The molecule has 0 saturated carbocycles. The minimum Gasteiger partial charge on any atom is -0.379 e. The maximum Gasteiger partial charge on any atom is 0.170 e. The third kappa shape index (κ3) is 5.37. The van der Waals surface area contributed by atoms with Gasteiger partial charge in [0.15, 0.2) is 5.11 Å². The molecule has 5 rings (SSSR count). The first-order valence-electron chi connectivity index (χ1n) is 13.2. The number of rotatable bonds is 8. The minimum absolute atomic E-state index is 0.00199. The van der Waals surface area contributed by atoms with Crippen LogP contribution in [0.1, 0.15) is 41.1 Å². The summed E-state index contributed by atoms with van der Waals surface area (Å²) in [7, 11) is 4.14. The fourth-order valence-corrected chi connectivity index (χ4v) is 5.99. The van der Waals surface area contributed by atoms with Gasteiger partial charge in [0.25, 0.3) is 0 Å². The Morgan fingerprint density at radius 3 is 2.49 bits per heavy atom. The highest BCUT2D eigenvalue weighted by Crippen LogP contribution is 2.41. The Kier molecular flexibility index (Phi) is 7.79. The molecule has 2 saturated heterocycles. The van der Waals surface area contributed by atoms with E-state index in [1.807, 2.05) is 12.3 Å². The number of morpholine rings is 1. The quantitative estimate of drug-likeness (QED) is 0.448. The first kappa shape index (κ1) is 25.7. The molecule has 0 bridgehead atoms. The molecule has 3 aromatic rings. The highest BCUT2D eigenvalue weighted by molar-refractivity contribution is 7.80. The predicted octanol–water partition coefficient (Wildman–Crippen LogP) is 4.25. The van der Waals surface area contributed by atoms with Crippen LogP contribution in [0.25, 0.3) is 5.69 Å². The molecule has 0 unspecified atom stereocenters. The Balaban J connectivity index is 1.46. The predicted molar refractivity (Wildman–Crippen MR) is 154 cm³/mol. The van der Waals surface area contributed by atoms with Crippen molar-refractivity contribution in [3.63, 3.8) is 0 Å². The molecule has 7 nitrogen and oxygen atoms in total. The van der Waals surface area contributed by atoms with Gasteiger partial charge in [-0.3, -0.25) is 9.88 Å². The van der Waals surface area contributed by atoms with E-state index in [1.54, 1.807) is 0 Å². The standard InChI is InChI=1S/C29H38N6OS/c1-21-20-25(22(2)35(21)24-11-9-23(10-12-24)32(3)4)28-27(26-8-5-6-13-30-26)31-29(37)34(28)15-7-14-33-16-18-36-19-17-33/h5-6,8-13,20,27-28H,7,14-19H2,1-4H3,(H,31,37)/t27-,28+/m0/s1. The number of anilines is 1. The summed E-state index contributed by atoms with van der Waals surface area (Å²) in [6.07, 6.45) is 2.92. The molecule has 1 aromatic carbocycles. The van der Waals surface area contributed by atoms with E-state index in [0.717, 1.165) is 56.6 Å². The molecule has 2 aliphatic rings. The minimum atomic E-state index is 0.00199. The topological polar surface area (TPSA) is 48.8 Å². The summed E-state index contributed by atoms with van der Waals surface area (Å²) in [5.74, 6) is 0. The van der Waals surface area contributed by atoms with Gasteiger partial charge in [0, 0.05) is 69.2 Å². The average molecular weight is 519 g/mol. The van der Waals surface area contributed by atoms with E-state index in [9.17, 15) is 0 Å². The molecule has 37 heavy (non-hydrogen) atoms. The molecule has 0 radical (unpaired) electrons. The monoisotopic (exact) mass is 518 g/mol. The van der Waals surface area contributed by atoms with Crippen LogP contribution >= 0.6 is 12.2 Å². The number of hydrogen-bond donors (Lipinski definition) is 1. The summed E-state index contributed by atoms with van der Waals surface area (Å²) in [4.78, 5) is 11.7. The summed E-state index contributed by atoms with van der Waals surface area (Å²) in [6.45, 7) is 10.1. The summed E-state index contributed by atoms with van der Waals surface area (Å²) in [6, 6.07) is 17.3. The van der Waals surface area contributed by atoms with Crippen LogP contribution in [-0.2, 0) is 4.74 Å². The van der Waals surface area contributed by atoms with Gasteiger partial charge < -0.3 is 24.4 Å². The number of ether oxygens (including phenoxy) is 1. The van der Waals surface area contributed by atoms with Crippen molar-refractivity contribution in [2.24, 2.45) is 0 Å². The second kappa shape index (κ2) is 11.2. The molecule has 2 fully saturated rings. The first-order valence-corrected chi connectivity index (χ1v) is 13.6. The van der Waals surface area contributed by atoms with E-state index >= 15 is 0 Å². The lowest BCUT2D eigenvalue weighted by Gasteiger charge is -2.30. The van der Waals surface area contributed by atoms with Crippen LogP contribution in [0, 0.1) is 13.8 Å². The Labute approximate surface area is 226 Å². The number of nitrogens with zero attached hydrogens (tertiary/aromatic N) is 5. The first-order chi connectivity index (χ1) is 17.9. The second-order valence-electron chi connectivity index (χ2n) is 10.2. The van der Waals surface area contributed by atoms with Crippen molar-refractivity contribution in [3.8, 4) is 5.69 Å². The Morgan fingerprint density at radius 2 is 1.81 bits per heavy atom. The van der Waals surface area contributed by atoms with Crippen LogP contribution in [0.15, 0.2) is 54.7 Å². The average Bonchev–Trinajstić information content (AvgIpc) is 3.39. The van der Waals surface area contributed by atoms with Crippen LogP contribution < -0.4 is 10.2 Å². The molecule has 2 aliphatic heterocycles. The smallest absolute Gasteiger partial charge is 0.170 e. The van der Waals surface area contributed by atoms with Gasteiger partial charge >= 0.3 is 0 Å². The normalized spacial score (nSPS) is 20.3. The van der Waals surface area contributed by atoms with E-state index in [-0.39, 0.29) is 12.1 Å². The van der Waals surface area contributed by atoms with Gasteiger partial charge in [-0.05, 0) is 80.5 Å². The van der Waals surface area contributed by atoms with Gasteiger partial charge in [-0.2, -0.15) is 0 Å². The lowest BCUT2D eigenvalue weighted by molar-refractivity contribution is 0.0365. The van der Waals surface area contributed by atoms with Crippen molar-refractivity contribution in [1.29, 1.82) is 0 Å². The molecule has 196 valence electrons. The molecule has 1 N–H and O–H groups in total. The third-order valence-corrected chi connectivity index (χ3v) is 7.94. The van der Waals surface area contributed by atoms with E-state index in [4.69, 9.17) is 21.9 Å². The lowest BCUT2D eigenvalue weighted by atomic mass is 9.96. The van der Waals surface area contributed by atoms with Gasteiger partial charge in [0.2, 0.25) is 0 Å². The van der Waals surface area contributed by atoms with E-state index in [0.29, 0.717) is 0 Å². The van der Waals surface area contributed by atoms with Gasteiger partial charge in [-0.25, -0.2) is 0 Å². The van der Waals surface area contributed by atoms with Crippen LogP contribution in [0.3, 0.4) is 0 Å². The number of aryl methyl sites for hydroxylation is 1. The molecule has 0 spiro atoms. The van der Waals surface area contributed by atoms with Crippen LogP contribution in [0.2, 0.25) is 0 Å². The highest BCUT2D eigenvalue weighted by atomic mass is 32.1. The Morgan fingerprint density at radius 1 is 1.05 bits per heavy atom. The highest BCUT2D eigenvalue weighted by Gasteiger charge is 2.41. The Bertz CT molecular complexity index is 1200. The maximum atomic E-state index is 5.92. The number of pyridine rings is 1. The van der Waals surface area contributed by atoms with Crippen molar-refractivity contribution in [2.45, 2.75) is 32.4 Å². The van der Waals surface area contributed by atoms with E-state index < -0.39 is 0 Å². The number of aromatic nitrogens is 2. The van der Waals surface area contributed by atoms with Gasteiger partial charge in [0.1, 0.15) is 0 Å². The van der Waals surface area contributed by atoms with Crippen molar-refractivity contribution < 1.29 is 4.74 Å². The lowest BCUT2D eigenvalue weighted by Crippen LogP contribution is -2.39. The molecule has 8 heteroatoms. The largest absolute Gasteiger partial charge is 0.379 e. The number of thiocarbonyl (C=S) groups is 1. The zero-order valence-electron chi connectivity index (χ0n) is 22.4. The summed E-state index contributed by atoms with van der Waals surface area (Å²) in [5, 5.41) is 4.43. The Hall–Kier alpha value is -2.94. The SMILES string of the molecule is Cc1cc([C@@H]2[C@H](c3ccccn3)NC(=S)N2CCCN2CCOCC2)c(C)n1-c1ccc(N(C)C)cc1. The van der Waals surface area contributed by atoms with Crippen molar-refractivity contribution in [1.82, 2.24) is 24.7 Å². The summed E-state index contributed by atoms with van der Waals surface area (Å²) >= 11 is 5.92. The van der Waals surface area contributed by atoms with Crippen LogP contribution in [0.5, 0.6) is 0 Å². The van der Waals surface area contributed by atoms with E-state index in [1.165, 1.54) is 28.3 Å². The number of benzene rings is 1. The maximum absolute atomic E-state index is 5.92. The molecule has 4 heterocycles. The van der Waals surface area contributed by atoms with E-state index in [2.05, 4.69) is 95.0 Å². The van der Waals surface area contributed by atoms with Gasteiger partial charge in [-0.1, -0.05) is 6.07 Å². The number of nitrogens with one attached hydrogen (secondary N) is 1.